The van der Waals surface area contributed by atoms with Gasteiger partial charge in [0.15, 0.2) is 0 Å². The van der Waals surface area contributed by atoms with E-state index in [0.717, 1.165) is 30.6 Å². The van der Waals surface area contributed by atoms with Gasteiger partial charge in [0, 0.05) is 6.04 Å². The molecule has 4 rings (SSSR count). The number of aliphatic hydroxyl groups is 1. The number of fused-ring (bicyclic) bond motifs is 5. The van der Waals surface area contributed by atoms with E-state index in [4.69, 9.17) is 5.73 Å². The lowest BCUT2D eigenvalue weighted by Gasteiger charge is -2.58. The molecular formula is C23H39ClN2O2. The third-order valence-electron chi connectivity index (χ3n) is 9.31. The second kappa shape index (κ2) is 7.92. The fourth-order valence-corrected chi connectivity index (χ4v) is 7.90. The Morgan fingerprint density at radius 3 is 2.68 bits per heavy atom. The molecule has 5 heteroatoms. The van der Waals surface area contributed by atoms with Gasteiger partial charge in [-0.3, -0.25) is 4.79 Å². The zero-order valence-electron chi connectivity index (χ0n) is 17.7. The number of hydrogen-bond donors (Lipinski definition) is 3. The minimum atomic E-state index is -0.177. The molecule has 1 amide bonds. The molecular weight excluding hydrogens is 372 g/mol. The second-order valence-electron chi connectivity index (χ2n) is 10.4. The molecule has 4 aliphatic carbocycles. The molecule has 3 fully saturated rings. The first kappa shape index (κ1) is 22.1. The van der Waals surface area contributed by atoms with Gasteiger partial charge in [-0.2, -0.15) is 0 Å². The van der Waals surface area contributed by atoms with Crippen molar-refractivity contribution in [1.82, 2.24) is 5.32 Å². The first-order chi connectivity index (χ1) is 12.8. The predicted octanol–water partition coefficient (Wildman–Crippen LogP) is 3.81. The van der Waals surface area contributed by atoms with E-state index in [9.17, 15) is 9.90 Å². The highest BCUT2D eigenvalue weighted by atomic mass is 35.5. The van der Waals surface area contributed by atoms with E-state index in [0.29, 0.717) is 16.7 Å². The van der Waals surface area contributed by atoms with Gasteiger partial charge < -0.3 is 16.2 Å². The molecule has 0 spiro atoms. The Kier molecular flexibility index (Phi) is 6.26. The quantitative estimate of drug-likeness (QED) is 0.619. The molecule has 160 valence electrons. The van der Waals surface area contributed by atoms with Crippen LogP contribution in [0.4, 0.5) is 0 Å². The maximum absolute atomic E-state index is 11.7. The van der Waals surface area contributed by atoms with Gasteiger partial charge in [0.05, 0.1) is 12.6 Å². The summed E-state index contributed by atoms with van der Waals surface area (Å²) in [5.74, 6) is 2.76. The largest absolute Gasteiger partial charge is 0.393 e. The average Bonchev–Trinajstić information content (AvgIpc) is 2.99. The lowest BCUT2D eigenvalue weighted by Crippen LogP contribution is -2.52. The van der Waals surface area contributed by atoms with Crippen LogP contribution in [-0.4, -0.2) is 29.7 Å². The zero-order chi connectivity index (χ0) is 19.4. The van der Waals surface area contributed by atoms with Gasteiger partial charge >= 0.3 is 0 Å². The van der Waals surface area contributed by atoms with Crippen molar-refractivity contribution < 1.29 is 9.90 Å². The molecule has 0 radical (unpaired) electrons. The molecule has 28 heavy (non-hydrogen) atoms. The molecule has 4 aliphatic rings. The minimum Gasteiger partial charge on any atom is -0.393 e. The Morgan fingerprint density at radius 2 is 2.00 bits per heavy atom. The Morgan fingerprint density at radius 1 is 1.25 bits per heavy atom. The van der Waals surface area contributed by atoms with Gasteiger partial charge in [-0.05, 0) is 92.8 Å². The first-order valence-electron chi connectivity index (χ1n) is 11.2. The van der Waals surface area contributed by atoms with Crippen molar-refractivity contribution >= 4 is 18.3 Å². The molecule has 4 nitrogen and oxygen atoms in total. The fraction of sp³-hybridized carbons (Fsp3) is 0.870. The Hall–Kier alpha value is -0.580. The van der Waals surface area contributed by atoms with E-state index in [1.54, 1.807) is 5.57 Å². The number of aliphatic hydroxyl groups excluding tert-OH is 1. The molecule has 0 aromatic rings. The number of amides is 1. The fourth-order valence-electron chi connectivity index (χ4n) is 7.90. The van der Waals surface area contributed by atoms with Gasteiger partial charge in [0.1, 0.15) is 0 Å². The normalized spacial score (nSPS) is 45.6. The summed E-state index contributed by atoms with van der Waals surface area (Å²) >= 11 is 0. The first-order valence-corrected chi connectivity index (χ1v) is 11.2. The smallest absolute Gasteiger partial charge is 0.233 e. The number of nitrogens with one attached hydrogen (secondary N) is 1. The van der Waals surface area contributed by atoms with Gasteiger partial charge in [0.2, 0.25) is 5.91 Å². The summed E-state index contributed by atoms with van der Waals surface area (Å²) in [6.45, 7) is 7.06. The summed E-state index contributed by atoms with van der Waals surface area (Å²) in [7, 11) is 0. The minimum absolute atomic E-state index is 0. The van der Waals surface area contributed by atoms with Crippen LogP contribution >= 0.6 is 12.4 Å². The SMILES string of the molecule is C[C@H](O)[C@H]1CC[C@H]2[C@@H]3CC=C4CC(NC(=O)CN)CC[C@]4(C)[C@H]3CC[C@]12C.Cl. The molecule has 0 saturated heterocycles. The highest BCUT2D eigenvalue weighted by Gasteiger charge is 2.59. The topological polar surface area (TPSA) is 75.3 Å². The van der Waals surface area contributed by atoms with Crippen molar-refractivity contribution in [2.24, 2.45) is 40.2 Å². The summed E-state index contributed by atoms with van der Waals surface area (Å²) in [5, 5.41) is 13.5. The zero-order valence-corrected chi connectivity index (χ0v) is 18.6. The summed E-state index contributed by atoms with van der Waals surface area (Å²) < 4.78 is 0. The molecule has 0 heterocycles. The van der Waals surface area contributed by atoms with Gasteiger partial charge in [0.25, 0.3) is 0 Å². The van der Waals surface area contributed by atoms with Crippen molar-refractivity contribution in [3.8, 4) is 0 Å². The lowest BCUT2D eigenvalue weighted by atomic mass is 9.47. The maximum Gasteiger partial charge on any atom is 0.233 e. The monoisotopic (exact) mass is 410 g/mol. The van der Waals surface area contributed by atoms with Crippen LogP contribution in [0, 0.1) is 34.5 Å². The van der Waals surface area contributed by atoms with Crippen LogP contribution in [0.15, 0.2) is 11.6 Å². The van der Waals surface area contributed by atoms with E-state index in [1.807, 2.05) is 6.92 Å². The van der Waals surface area contributed by atoms with E-state index in [1.165, 1.54) is 38.5 Å². The summed E-state index contributed by atoms with van der Waals surface area (Å²) in [6.07, 6.45) is 11.9. The number of hydrogen-bond acceptors (Lipinski definition) is 3. The molecule has 0 bridgehead atoms. The number of allylic oxidation sites excluding steroid dienone is 1. The van der Waals surface area contributed by atoms with Crippen molar-refractivity contribution in [2.45, 2.75) is 84.3 Å². The highest BCUT2D eigenvalue weighted by molar-refractivity contribution is 5.85. The predicted molar refractivity (Wildman–Crippen MR) is 115 cm³/mol. The van der Waals surface area contributed by atoms with Crippen LogP contribution < -0.4 is 11.1 Å². The van der Waals surface area contributed by atoms with Crippen molar-refractivity contribution in [2.75, 3.05) is 6.54 Å². The highest BCUT2D eigenvalue weighted by Crippen LogP contribution is 2.66. The second-order valence-corrected chi connectivity index (χ2v) is 10.4. The van der Waals surface area contributed by atoms with Crippen LogP contribution in [0.1, 0.15) is 72.1 Å². The Labute approximate surface area is 176 Å². The van der Waals surface area contributed by atoms with E-state index >= 15 is 0 Å². The number of nitrogens with two attached hydrogens (primary N) is 1. The van der Waals surface area contributed by atoms with Crippen LogP contribution in [0.2, 0.25) is 0 Å². The van der Waals surface area contributed by atoms with Crippen molar-refractivity contribution in [1.29, 1.82) is 0 Å². The van der Waals surface area contributed by atoms with E-state index < -0.39 is 0 Å². The Bertz CT molecular complexity index is 636. The van der Waals surface area contributed by atoms with Gasteiger partial charge in [-0.1, -0.05) is 25.5 Å². The van der Waals surface area contributed by atoms with Crippen molar-refractivity contribution in [3.63, 3.8) is 0 Å². The summed E-state index contributed by atoms with van der Waals surface area (Å²) in [6, 6.07) is 0.261. The number of carbonyl (C=O) groups is 1. The third kappa shape index (κ3) is 3.33. The maximum atomic E-state index is 11.7. The van der Waals surface area contributed by atoms with Crippen molar-refractivity contribution in [3.05, 3.63) is 11.6 Å². The van der Waals surface area contributed by atoms with E-state index in [2.05, 4.69) is 25.2 Å². The van der Waals surface area contributed by atoms with Gasteiger partial charge in [-0.25, -0.2) is 0 Å². The van der Waals surface area contributed by atoms with Crippen LogP contribution in [0.5, 0.6) is 0 Å². The molecule has 3 saturated carbocycles. The number of rotatable bonds is 3. The molecule has 0 aromatic heterocycles. The van der Waals surface area contributed by atoms with Crippen LogP contribution in [-0.2, 0) is 4.79 Å². The molecule has 1 unspecified atom stereocenters. The number of halogens is 1. The van der Waals surface area contributed by atoms with Crippen LogP contribution in [0.25, 0.3) is 0 Å². The van der Waals surface area contributed by atoms with E-state index in [-0.39, 0.29) is 37.0 Å². The molecule has 8 atom stereocenters. The molecule has 0 aliphatic heterocycles. The summed E-state index contributed by atoms with van der Waals surface area (Å²) in [5.41, 5.74) is 7.70. The molecule has 0 aromatic carbocycles. The molecule has 4 N–H and O–H groups in total. The van der Waals surface area contributed by atoms with Gasteiger partial charge in [-0.15, -0.1) is 12.4 Å². The average molecular weight is 411 g/mol. The lowest BCUT2D eigenvalue weighted by molar-refractivity contribution is -0.120. The van der Waals surface area contributed by atoms with Crippen LogP contribution in [0.3, 0.4) is 0 Å². The Balaban J connectivity index is 0.00000225. The third-order valence-corrected chi connectivity index (χ3v) is 9.31. The number of carbonyl (C=O) groups excluding carboxylic acids is 1. The standard InChI is InChI=1S/C23H38N2O2.ClH/c1-14(26)18-6-7-19-17-5-4-15-12-16(25-21(27)13-24)8-10-22(15,2)20(17)9-11-23(18,19)3;/h4,14,16-20,26H,5-13,24H2,1-3H3,(H,25,27);1H/t14-,16?,17-,18+,19-,20-,22-,23+;/m0./s1. The summed E-state index contributed by atoms with van der Waals surface area (Å²) in [4.78, 5) is 11.7.